The van der Waals surface area contributed by atoms with Gasteiger partial charge in [0.2, 0.25) is 5.91 Å². The van der Waals surface area contributed by atoms with Crippen LogP contribution < -0.4 is 10.6 Å². The molecule has 0 aliphatic heterocycles. The van der Waals surface area contributed by atoms with E-state index in [0.717, 1.165) is 5.69 Å². The molecule has 19 heavy (non-hydrogen) atoms. The van der Waals surface area contributed by atoms with Crippen molar-refractivity contribution in [3.05, 3.63) is 36.7 Å². The number of hydrogen-bond donors (Lipinski definition) is 3. The molecule has 0 unspecified atom stereocenters. The van der Waals surface area contributed by atoms with Gasteiger partial charge in [0.15, 0.2) is 0 Å². The lowest BCUT2D eigenvalue weighted by atomic mass is 10.1. The fourth-order valence-electron chi connectivity index (χ4n) is 1.55. The largest absolute Gasteiger partial charge is 0.445 e. The number of aromatic nitrogens is 1. The number of nitrogens with one attached hydrogen (secondary N) is 3. The Morgan fingerprint density at radius 2 is 2.21 bits per heavy atom. The average molecular weight is 265 g/mol. The molecule has 1 aromatic rings. The Kier molecular flexibility index (Phi) is 6.21. The van der Waals surface area contributed by atoms with Gasteiger partial charge in [-0.05, 0) is 12.1 Å². The number of alkyl carbamates (subject to hydrolysis) is 1. The molecular weight excluding hydrogens is 246 g/mol. The molecule has 0 spiro atoms. The minimum atomic E-state index is -0.501. The highest BCUT2D eigenvalue weighted by Crippen LogP contribution is 2.11. The Morgan fingerprint density at radius 1 is 1.47 bits per heavy atom. The number of amides is 2. The Morgan fingerprint density at radius 3 is 2.79 bits per heavy atom. The summed E-state index contributed by atoms with van der Waals surface area (Å²) in [6.07, 6.45) is 2.80. The lowest BCUT2D eigenvalue weighted by Crippen LogP contribution is -2.35. The average Bonchev–Trinajstić information content (AvgIpc) is 2.89. The molecule has 104 valence electrons. The molecule has 6 nitrogen and oxygen atoms in total. The van der Waals surface area contributed by atoms with Gasteiger partial charge in [0.1, 0.15) is 6.61 Å². The molecule has 0 saturated heterocycles. The lowest BCUT2D eigenvalue weighted by Gasteiger charge is -2.16. The van der Waals surface area contributed by atoms with Gasteiger partial charge in [-0.25, -0.2) is 4.79 Å². The molecule has 0 aliphatic carbocycles. The van der Waals surface area contributed by atoms with Gasteiger partial charge in [-0.1, -0.05) is 12.7 Å². The molecule has 1 aromatic heterocycles. The van der Waals surface area contributed by atoms with Crippen LogP contribution in [0.5, 0.6) is 0 Å². The van der Waals surface area contributed by atoms with Crippen molar-refractivity contribution in [1.82, 2.24) is 15.6 Å². The molecule has 0 radical (unpaired) electrons. The Bertz CT molecular complexity index is 415. The number of carbonyl (C=O) groups is 2. The fourth-order valence-corrected chi connectivity index (χ4v) is 1.55. The molecule has 0 aromatic carbocycles. The zero-order valence-electron chi connectivity index (χ0n) is 10.9. The molecular formula is C13H19N3O3. The third-order valence-electron chi connectivity index (χ3n) is 2.48. The van der Waals surface area contributed by atoms with Crippen LogP contribution in [0.3, 0.4) is 0 Å². The summed E-state index contributed by atoms with van der Waals surface area (Å²) in [6, 6.07) is 3.77. The van der Waals surface area contributed by atoms with E-state index in [-0.39, 0.29) is 18.4 Å². The van der Waals surface area contributed by atoms with Gasteiger partial charge < -0.3 is 20.4 Å². The van der Waals surface area contributed by atoms with Crippen LogP contribution in [0.1, 0.15) is 18.5 Å². The van der Waals surface area contributed by atoms with E-state index in [9.17, 15) is 9.59 Å². The maximum atomic E-state index is 11.3. The van der Waals surface area contributed by atoms with Crippen molar-refractivity contribution in [1.29, 1.82) is 0 Å². The number of hydrogen-bond acceptors (Lipinski definition) is 3. The first-order chi connectivity index (χ1) is 9.13. The topological polar surface area (TPSA) is 83.2 Å². The number of ether oxygens (including phenoxy) is 1. The van der Waals surface area contributed by atoms with Crippen molar-refractivity contribution in [2.75, 3.05) is 19.7 Å². The predicted molar refractivity (Wildman–Crippen MR) is 71.8 cm³/mol. The number of aromatic amines is 1. The van der Waals surface area contributed by atoms with Crippen LogP contribution in [0, 0.1) is 0 Å². The van der Waals surface area contributed by atoms with E-state index in [2.05, 4.69) is 22.2 Å². The highest BCUT2D eigenvalue weighted by atomic mass is 16.5. The van der Waals surface area contributed by atoms with Crippen LogP contribution in [-0.4, -0.2) is 36.7 Å². The third-order valence-corrected chi connectivity index (χ3v) is 2.48. The second kappa shape index (κ2) is 7.97. The number of carbonyl (C=O) groups excluding carboxylic acids is 2. The quantitative estimate of drug-likeness (QED) is 0.647. The van der Waals surface area contributed by atoms with Crippen molar-refractivity contribution < 1.29 is 14.3 Å². The van der Waals surface area contributed by atoms with Gasteiger partial charge in [0, 0.05) is 37.8 Å². The van der Waals surface area contributed by atoms with Crippen molar-refractivity contribution in [2.24, 2.45) is 0 Å². The third kappa shape index (κ3) is 5.76. The summed E-state index contributed by atoms with van der Waals surface area (Å²) in [6.45, 7) is 5.90. The Labute approximate surface area is 112 Å². The maximum Gasteiger partial charge on any atom is 0.407 e. The first-order valence-corrected chi connectivity index (χ1v) is 6.02. The Balaban J connectivity index is 2.47. The van der Waals surface area contributed by atoms with Crippen molar-refractivity contribution in [3.8, 4) is 0 Å². The predicted octanol–water partition coefficient (Wildman–Crippen LogP) is 1.15. The first kappa shape index (κ1) is 14.8. The summed E-state index contributed by atoms with van der Waals surface area (Å²) in [5, 5.41) is 5.38. The van der Waals surface area contributed by atoms with E-state index in [1.165, 1.54) is 13.0 Å². The molecule has 3 N–H and O–H groups in total. The minimum absolute atomic E-state index is 0.0322. The molecule has 1 atom stereocenters. The van der Waals surface area contributed by atoms with Crippen LogP contribution in [0.15, 0.2) is 31.0 Å². The van der Waals surface area contributed by atoms with E-state index in [0.29, 0.717) is 13.1 Å². The molecule has 0 aliphatic rings. The molecule has 0 fully saturated rings. The highest BCUT2D eigenvalue weighted by molar-refractivity contribution is 5.72. The van der Waals surface area contributed by atoms with Crippen molar-refractivity contribution in [3.63, 3.8) is 0 Å². The van der Waals surface area contributed by atoms with Crippen molar-refractivity contribution in [2.45, 2.75) is 12.8 Å². The van der Waals surface area contributed by atoms with Crippen molar-refractivity contribution >= 4 is 12.0 Å². The second-order valence-corrected chi connectivity index (χ2v) is 4.03. The van der Waals surface area contributed by atoms with Crippen LogP contribution in [0.25, 0.3) is 0 Å². The van der Waals surface area contributed by atoms with E-state index >= 15 is 0 Å². The second-order valence-electron chi connectivity index (χ2n) is 4.03. The Hall–Kier alpha value is -2.24. The number of H-pyrrole nitrogens is 1. The van der Waals surface area contributed by atoms with Gasteiger partial charge in [0.05, 0.1) is 0 Å². The van der Waals surface area contributed by atoms with Gasteiger partial charge in [0.25, 0.3) is 0 Å². The van der Waals surface area contributed by atoms with Gasteiger partial charge in [-0.2, -0.15) is 0 Å². The normalized spacial score (nSPS) is 11.4. The van der Waals surface area contributed by atoms with Crippen LogP contribution in [-0.2, 0) is 9.53 Å². The van der Waals surface area contributed by atoms with E-state index in [1.54, 1.807) is 6.20 Å². The fraction of sp³-hybridized carbons (Fsp3) is 0.385. The minimum Gasteiger partial charge on any atom is -0.445 e. The van der Waals surface area contributed by atoms with E-state index in [4.69, 9.17) is 4.74 Å². The monoisotopic (exact) mass is 265 g/mol. The SMILES string of the molecule is C=CCOC(=O)NC[C@@H](CNC(C)=O)c1ccc[nH]1. The van der Waals surface area contributed by atoms with Gasteiger partial charge in [-0.15, -0.1) is 0 Å². The summed E-state index contributed by atoms with van der Waals surface area (Å²) in [5.41, 5.74) is 0.942. The first-order valence-electron chi connectivity index (χ1n) is 6.02. The summed E-state index contributed by atoms with van der Waals surface area (Å²) in [4.78, 5) is 25.4. The zero-order valence-corrected chi connectivity index (χ0v) is 10.9. The highest BCUT2D eigenvalue weighted by Gasteiger charge is 2.14. The molecule has 0 bridgehead atoms. The molecule has 2 amide bonds. The summed E-state index contributed by atoms with van der Waals surface area (Å²) >= 11 is 0. The summed E-state index contributed by atoms with van der Waals surface area (Å²) < 4.78 is 4.82. The van der Waals surface area contributed by atoms with E-state index < -0.39 is 6.09 Å². The smallest absolute Gasteiger partial charge is 0.407 e. The zero-order chi connectivity index (χ0) is 14.1. The van der Waals surface area contributed by atoms with E-state index in [1.807, 2.05) is 12.1 Å². The lowest BCUT2D eigenvalue weighted by molar-refractivity contribution is -0.119. The standard InChI is InChI=1S/C13H19N3O3/c1-3-7-19-13(18)16-9-11(8-15-10(2)17)12-5-4-6-14-12/h3-6,11,14H,1,7-9H2,2H3,(H,15,17)(H,16,18)/t11-/m1/s1. The molecule has 6 heteroatoms. The van der Waals surface area contributed by atoms with Gasteiger partial charge >= 0.3 is 6.09 Å². The van der Waals surface area contributed by atoms with Crippen LogP contribution in [0.4, 0.5) is 4.79 Å². The number of rotatable bonds is 7. The summed E-state index contributed by atoms with van der Waals surface area (Å²) in [7, 11) is 0. The molecule has 1 heterocycles. The van der Waals surface area contributed by atoms with Crippen LogP contribution in [0.2, 0.25) is 0 Å². The van der Waals surface area contributed by atoms with Gasteiger partial charge in [-0.3, -0.25) is 4.79 Å². The molecule has 0 saturated carbocycles. The maximum absolute atomic E-state index is 11.3. The summed E-state index contributed by atoms with van der Waals surface area (Å²) in [5.74, 6) is -0.138. The molecule has 1 rings (SSSR count). The van der Waals surface area contributed by atoms with Crippen LogP contribution >= 0.6 is 0 Å².